The van der Waals surface area contributed by atoms with Crippen LogP contribution in [-0.4, -0.2) is 14.8 Å². The number of nitrogens with zero attached hydrogens (tertiary/aromatic N) is 2. The minimum absolute atomic E-state index is 0.0149. The fourth-order valence-corrected chi connectivity index (χ4v) is 2.39. The molecule has 0 atom stereocenters. The van der Waals surface area contributed by atoms with E-state index in [0.29, 0.717) is 12.2 Å². The molecule has 0 aliphatic carbocycles. The maximum absolute atomic E-state index is 11.8. The van der Waals surface area contributed by atoms with Crippen LogP contribution in [-0.2, 0) is 20.8 Å². The van der Waals surface area contributed by atoms with E-state index in [0.717, 1.165) is 17.5 Å². The van der Waals surface area contributed by atoms with Gasteiger partial charge in [0.2, 0.25) is 6.40 Å². The number of nitriles is 1. The molecule has 0 saturated heterocycles. The molecule has 0 aliphatic rings. The lowest BCUT2D eigenvalue weighted by atomic mass is 10.2. The van der Waals surface area contributed by atoms with E-state index < -0.39 is 10.1 Å². The van der Waals surface area contributed by atoms with E-state index in [1.165, 1.54) is 12.1 Å². The Morgan fingerprint density at radius 2 is 1.78 bits per heavy atom. The molecule has 0 spiro atoms. The van der Waals surface area contributed by atoms with Crippen molar-refractivity contribution in [3.63, 3.8) is 0 Å². The van der Waals surface area contributed by atoms with E-state index >= 15 is 0 Å². The van der Waals surface area contributed by atoms with Crippen LogP contribution >= 0.6 is 0 Å². The van der Waals surface area contributed by atoms with Crippen molar-refractivity contribution in [1.29, 1.82) is 5.26 Å². The molecule has 0 aliphatic heterocycles. The molecule has 2 aromatic carbocycles. The number of aryl methyl sites for hydroxylation is 1. The summed E-state index contributed by atoms with van der Waals surface area (Å²) in [4.78, 5) is 0.0149. The molecular weight excluding hydrogens is 316 g/mol. The van der Waals surface area contributed by atoms with Crippen molar-refractivity contribution >= 4 is 16.5 Å². The van der Waals surface area contributed by atoms with Crippen molar-refractivity contribution in [2.24, 2.45) is 5.16 Å². The van der Waals surface area contributed by atoms with Gasteiger partial charge in [0, 0.05) is 0 Å². The summed E-state index contributed by atoms with van der Waals surface area (Å²) in [6.45, 7) is 1.85. The summed E-state index contributed by atoms with van der Waals surface area (Å²) in [7, 11) is -3.96. The molecule has 0 aromatic heterocycles. The minimum Gasteiger partial charge on any atom is -0.442 e. The SMILES string of the molecule is Cc1ccc(S(=O)(=O)ON=COc2ccc(CC#N)cc2)cc1. The largest absolute Gasteiger partial charge is 0.442 e. The van der Waals surface area contributed by atoms with Gasteiger partial charge in [-0.25, -0.2) is 0 Å². The van der Waals surface area contributed by atoms with Gasteiger partial charge in [-0.1, -0.05) is 29.8 Å². The number of oxime groups is 1. The van der Waals surface area contributed by atoms with E-state index in [1.807, 2.05) is 13.0 Å². The Bertz CT molecular complexity index is 820. The molecule has 23 heavy (non-hydrogen) atoms. The van der Waals surface area contributed by atoms with Crippen molar-refractivity contribution in [2.75, 3.05) is 0 Å². The summed E-state index contributed by atoms with van der Waals surface area (Å²) < 4.78 is 33.3. The van der Waals surface area contributed by atoms with Crippen LogP contribution in [0, 0.1) is 18.3 Å². The highest BCUT2D eigenvalue weighted by Crippen LogP contribution is 2.14. The van der Waals surface area contributed by atoms with E-state index in [-0.39, 0.29) is 4.90 Å². The first kappa shape index (κ1) is 16.5. The molecule has 0 radical (unpaired) electrons. The zero-order valence-corrected chi connectivity index (χ0v) is 13.2. The van der Waals surface area contributed by atoms with Crippen molar-refractivity contribution in [3.05, 3.63) is 59.7 Å². The first-order valence-electron chi connectivity index (χ1n) is 6.66. The lowest BCUT2D eigenvalue weighted by Crippen LogP contribution is -2.03. The summed E-state index contributed by atoms with van der Waals surface area (Å²) in [5.41, 5.74) is 1.80. The highest BCUT2D eigenvalue weighted by Gasteiger charge is 2.14. The average Bonchev–Trinajstić information content (AvgIpc) is 2.54. The third-order valence-corrected chi connectivity index (χ3v) is 4.02. The number of hydrogen-bond acceptors (Lipinski definition) is 6. The molecule has 0 saturated carbocycles. The maximum Gasteiger partial charge on any atom is 0.358 e. The quantitative estimate of drug-likeness (QED) is 0.461. The molecule has 0 heterocycles. The Kier molecular flexibility index (Phi) is 5.33. The number of rotatable bonds is 6. The number of hydrogen-bond donors (Lipinski definition) is 0. The van der Waals surface area contributed by atoms with Gasteiger partial charge in [-0.2, -0.15) is 13.7 Å². The van der Waals surface area contributed by atoms with Gasteiger partial charge in [0.25, 0.3) is 0 Å². The second-order valence-corrected chi connectivity index (χ2v) is 6.18. The first-order valence-corrected chi connectivity index (χ1v) is 8.07. The molecule has 2 aromatic rings. The molecule has 7 heteroatoms. The van der Waals surface area contributed by atoms with Crippen LogP contribution in [0.5, 0.6) is 5.75 Å². The number of ether oxygens (including phenoxy) is 1. The van der Waals surface area contributed by atoms with Gasteiger partial charge in [-0.15, -0.1) is 0 Å². The van der Waals surface area contributed by atoms with Crippen LogP contribution in [0.2, 0.25) is 0 Å². The Balaban J connectivity index is 1.93. The Morgan fingerprint density at radius 3 is 2.39 bits per heavy atom. The topological polar surface area (TPSA) is 88.8 Å². The number of benzene rings is 2. The van der Waals surface area contributed by atoms with Crippen LogP contribution in [0.1, 0.15) is 11.1 Å². The normalized spacial score (nSPS) is 11.1. The fraction of sp³-hybridized carbons (Fsp3) is 0.125. The third-order valence-electron chi connectivity index (χ3n) is 2.89. The molecule has 2 rings (SSSR count). The van der Waals surface area contributed by atoms with E-state index in [2.05, 4.69) is 9.44 Å². The predicted molar refractivity (Wildman–Crippen MR) is 84.3 cm³/mol. The average molecular weight is 330 g/mol. The third kappa shape index (κ3) is 4.83. The highest BCUT2D eigenvalue weighted by molar-refractivity contribution is 7.86. The van der Waals surface area contributed by atoms with Gasteiger partial charge >= 0.3 is 10.1 Å². The standard InChI is InChI=1S/C16H14N2O4S/c1-13-2-8-16(9-3-13)23(19,20)22-18-12-21-15-6-4-14(5-7-15)10-11-17/h2-9,12H,10H2,1H3. The lowest BCUT2D eigenvalue weighted by molar-refractivity contribution is 0.330. The van der Waals surface area contributed by atoms with Crippen molar-refractivity contribution in [2.45, 2.75) is 18.2 Å². The van der Waals surface area contributed by atoms with Gasteiger partial charge in [-0.05, 0) is 41.9 Å². The van der Waals surface area contributed by atoms with E-state index in [4.69, 9.17) is 10.00 Å². The van der Waals surface area contributed by atoms with E-state index in [1.54, 1.807) is 36.4 Å². The predicted octanol–water partition coefficient (Wildman–Crippen LogP) is 2.79. The zero-order valence-electron chi connectivity index (χ0n) is 12.3. The summed E-state index contributed by atoms with van der Waals surface area (Å²) >= 11 is 0. The van der Waals surface area contributed by atoms with Gasteiger partial charge in [0.15, 0.2) is 0 Å². The van der Waals surface area contributed by atoms with Crippen LogP contribution in [0.3, 0.4) is 0 Å². The highest BCUT2D eigenvalue weighted by atomic mass is 32.2. The second kappa shape index (κ2) is 7.42. The van der Waals surface area contributed by atoms with Crippen molar-refractivity contribution in [1.82, 2.24) is 0 Å². The van der Waals surface area contributed by atoms with Gasteiger partial charge in [0.1, 0.15) is 10.6 Å². The van der Waals surface area contributed by atoms with Crippen molar-refractivity contribution < 1.29 is 17.4 Å². The lowest BCUT2D eigenvalue weighted by Gasteiger charge is -2.02. The monoisotopic (exact) mass is 330 g/mol. The molecule has 0 unspecified atom stereocenters. The Morgan fingerprint density at radius 1 is 1.13 bits per heavy atom. The Hall–Kier alpha value is -2.85. The molecule has 6 nitrogen and oxygen atoms in total. The molecule has 0 bridgehead atoms. The smallest absolute Gasteiger partial charge is 0.358 e. The van der Waals surface area contributed by atoms with Crippen LogP contribution in [0.4, 0.5) is 0 Å². The van der Waals surface area contributed by atoms with E-state index in [9.17, 15) is 8.42 Å². The Labute approximate surface area is 134 Å². The fourth-order valence-electron chi connectivity index (χ4n) is 1.68. The van der Waals surface area contributed by atoms with Crippen LogP contribution in [0.25, 0.3) is 0 Å². The van der Waals surface area contributed by atoms with Crippen molar-refractivity contribution in [3.8, 4) is 11.8 Å². The molecule has 0 fully saturated rings. The summed E-state index contributed by atoms with van der Waals surface area (Å²) in [5, 5.41) is 11.9. The second-order valence-electron chi connectivity index (χ2n) is 4.65. The maximum atomic E-state index is 11.8. The molecule has 0 N–H and O–H groups in total. The summed E-state index contributed by atoms with van der Waals surface area (Å²) in [6.07, 6.45) is 1.21. The van der Waals surface area contributed by atoms with Crippen LogP contribution in [0.15, 0.2) is 58.6 Å². The summed E-state index contributed by atoms with van der Waals surface area (Å²) in [5.74, 6) is 0.451. The van der Waals surface area contributed by atoms with Crippen LogP contribution < -0.4 is 4.74 Å². The minimum atomic E-state index is -3.96. The first-order chi connectivity index (χ1) is 11.0. The molecule has 118 valence electrons. The molecular formula is C16H14N2O4S. The zero-order chi connectivity index (χ0) is 16.7. The summed E-state index contributed by atoms with van der Waals surface area (Å²) in [6, 6.07) is 15.0. The van der Waals surface area contributed by atoms with Gasteiger partial charge in [0.05, 0.1) is 12.5 Å². The van der Waals surface area contributed by atoms with Gasteiger partial charge in [-0.3, -0.25) is 4.28 Å². The van der Waals surface area contributed by atoms with Gasteiger partial charge < -0.3 is 4.74 Å². The molecule has 0 amide bonds.